The number of nitrogens with one attached hydrogen (secondary N) is 1. The van der Waals surface area contributed by atoms with Gasteiger partial charge in [-0.15, -0.1) is 0 Å². The predicted molar refractivity (Wildman–Crippen MR) is 75.8 cm³/mol. The molecule has 1 unspecified atom stereocenters. The molecule has 0 amide bonds. The van der Waals surface area contributed by atoms with Crippen molar-refractivity contribution in [1.29, 1.82) is 0 Å². The second kappa shape index (κ2) is 5.56. The Morgan fingerprint density at radius 1 is 1.38 bits per heavy atom. The van der Waals surface area contributed by atoms with E-state index in [-0.39, 0.29) is 33.4 Å². The fourth-order valence-electron chi connectivity index (χ4n) is 2.01. The highest BCUT2D eigenvalue weighted by Gasteiger charge is 2.31. The van der Waals surface area contributed by atoms with Crippen molar-refractivity contribution in [2.75, 3.05) is 11.5 Å². The Morgan fingerprint density at radius 2 is 2.05 bits per heavy atom. The number of carboxylic acids is 1. The maximum Gasteiger partial charge on any atom is 0.337 e. The Bertz CT molecular complexity index is 787. The van der Waals surface area contributed by atoms with E-state index in [0.717, 1.165) is 18.2 Å². The Kier molecular flexibility index (Phi) is 4.29. The first-order chi connectivity index (χ1) is 9.61. The van der Waals surface area contributed by atoms with E-state index < -0.39 is 31.9 Å². The van der Waals surface area contributed by atoms with Crippen LogP contribution in [0.5, 0.6) is 0 Å². The number of halogens is 1. The highest BCUT2D eigenvalue weighted by molar-refractivity contribution is 7.92. The molecule has 116 valence electrons. The van der Waals surface area contributed by atoms with Crippen LogP contribution in [0.2, 0.25) is 5.02 Å². The van der Waals surface area contributed by atoms with Gasteiger partial charge in [0.15, 0.2) is 9.84 Å². The van der Waals surface area contributed by atoms with Gasteiger partial charge in [0.05, 0.1) is 27.0 Å². The number of rotatable bonds is 4. The Hall–Kier alpha value is -1.16. The lowest BCUT2D eigenvalue weighted by Crippen LogP contribution is -2.35. The second-order valence-corrected chi connectivity index (χ2v) is 9.02. The number of carbonyl (C=O) groups is 1. The molecule has 1 aliphatic heterocycles. The maximum absolute atomic E-state index is 12.1. The zero-order valence-electron chi connectivity index (χ0n) is 10.6. The number of carboxylic acid groups (broad SMARTS) is 1. The summed E-state index contributed by atoms with van der Waals surface area (Å²) in [5.74, 6) is -1.56. The van der Waals surface area contributed by atoms with Crippen LogP contribution in [-0.2, 0) is 19.9 Å². The van der Waals surface area contributed by atoms with Crippen molar-refractivity contribution in [2.24, 2.45) is 0 Å². The van der Waals surface area contributed by atoms with Crippen LogP contribution in [0.15, 0.2) is 23.1 Å². The monoisotopic (exact) mass is 353 g/mol. The van der Waals surface area contributed by atoms with Crippen LogP contribution < -0.4 is 4.72 Å². The van der Waals surface area contributed by atoms with Gasteiger partial charge < -0.3 is 5.11 Å². The molecule has 1 aliphatic rings. The highest BCUT2D eigenvalue weighted by Crippen LogP contribution is 2.22. The fourth-order valence-corrected chi connectivity index (χ4v) is 5.41. The standard InChI is InChI=1S/C11H12ClNO6S2/c12-10-5-8(1-2-9(10)11(14)15)21(18,19)13-7-3-4-20(16,17)6-7/h1-2,5,7,13H,3-4,6H2,(H,14,15). The Morgan fingerprint density at radius 3 is 2.52 bits per heavy atom. The van der Waals surface area contributed by atoms with E-state index in [9.17, 15) is 21.6 Å². The predicted octanol–water partition coefficient (Wildman–Crippen LogP) is 0.504. The average Bonchev–Trinajstić information content (AvgIpc) is 2.67. The molecule has 0 radical (unpaired) electrons. The van der Waals surface area contributed by atoms with Gasteiger partial charge in [-0.2, -0.15) is 0 Å². The van der Waals surface area contributed by atoms with E-state index >= 15 is 0 Å². The van der Waals surface area contributed by atoms with Crippen molar-refractivity contribution < 1.29 is 26.7 Å². The van der Waals surface area contributed by atoms with Crippen molar-refractivity contribution in [3.05, 3.63) is 28.8 Å². The lowest BCUT2D eigenvalue weighted by molar-refractivity contribution is 0.0697. The Labute approximate surface area is 126 Å². The summed E-state index contributed by atoms with van der Waals surface area (Å²) in [5.41, 5.74) is -0.209. The molecule has 1 fully saturated rings. The van der Waals surface area contributed by atoms with Gasteiger partial charge in [0.25, 0.3) is 0 Å². The van der Waals surface area contributed by atoms with Gasteiger partial charge in [-0.25, -0.2) is 26.4 Å². The molecule has 1 saturated heterocycles. The molecule has 0 saturated carbocycles. The minimum absolute atomic E-state index is 0.0567. The van der Waals surface area contributed by atoms with Crippen LogP contribution in [0.4, 0.5) is 0 Å². The minimum atomic E-state index is -3.95. The summed E-state index contributed by atoms with van der Waals surface area (Å²) >= 11 is 5.72. The van der Waals surface area contributed by atoms with Crippen molar-refractivity contribution in [3.63, 3.8) is 0 Å². The number of benzene rings is 1. The quantitative estimate of drug-likeness (QED) is 0.814. The summed E-state index contributed by atoms with van der Waals surface area (Å²) in [7, 11) is -7.16. The molecule has 2 rings (SSSR count). The van der Waals surface area contributed by atoms with Gasteiger partial charge in [0.1, 0.15) is 0 Å². The topological polar surface area (TPSA) is 118 Å². The summed E-state index contributed by atoms with van der Waals surface area (Å²) in [6.45, 7) is 0. The molecule has 21 heavy (non-hydrogen) atoms. The molecule has 7 nitrogen and oxygen atoms in total. The fraction of sp³-hybridized carbons (Fsp3) is 0.364. The smallest absolute Gasteiger partial charge is 0.337 e. The van der Waals surface area contributed by atoms with Crippen LogP contribution in [0, 0.1) is 0 Å². The lowest BCUT2D eigenvalue weighted by atomic mass is 10.2. The largest absolute Gasteiger partial charge is 0.478 e. The van der Waals surface area contributed by atoms with Crippen molar-refractivity contribution in [2.45, 2.75) is 17.4 Å². The molecular weight excluding hydrogens is 342 g/mol. The van der Waals surface area contributed by atoms with Gasteiger partial charge in [-0.05, 0) is 24.6 Å². The van der Waals surface area contributed by atoms with Gasteiger partial charge in [-0.3, -0.25) is 0 Å². The molecule has 0 aliphatic carbocycles. The third-order valence-corrected chi connectivity index (χ3v) is 6.63. The molecule has 1 atom stereocenters. The SMILES string of the molecule is O=C(O)c1ccc(S(=O)(=O)NC2CCS(=O)(=O)C2)cc1Cl. The molecule has 0 aromatic heterocycles. The maximum atomic E-state index is 12.1. The van der Waals surface area contributed by atoms with Crippen LogP contribution in [0.25, 0.3) is 0 Å². The summed E-state index contributed by atoms with van der Waals surface area (Å²) in [4.78, 5) is 10.6. The zero-order chi connectivity index (χ0) is 15.8. The van der Waals surface area contributed by atoms with Crippen LogP contribution in [0.3, 0.4) is 0 Å². The minimum Gasteiger partial charge on any atom is -0.478 e. The number of sulfone groups is 1. The van der Waals surface area contributed by atoms with E-state index in [1.54, 1.807) is 0 Å². The van der Waals surface area contributed by atoms with E-state index in [0.29, 0.717) is 0 Å². The third kappa shape index (κ3) is 3.73. The third-order valence-electron chi connectivity index (χ3n) is 3.04. The summed E-state index contributed by atoms with van der Waals surface area (Å²) in [6, 6.07) is 2.54. The van der Waals surface area contributed by atoms with E-state index in [4.69, 9.17) is 16.7 Å². The molecule has 0 bridgehead atoms. The number of hydrogen-bond donors (Lipinski definition) is 2. The van der Waals surface area contributed by atoms with E-state index in [1.807, 2.05) is 0 Å². The van der Waals surface area contributed by atoms with Gasteiger partial charge in [0.2, 0.25) is 10.0 Å². The molecule has 1 aromatic carbocycles. The number of aromatic carboxylic acids is 1. The van der Waals surface area contributed by atoms with Crippen molar-refractivity contribution in [3.8, 4) is 0 Å². The van der Waals surface area contributed by atoms with Gasteiger partial charge in [0, 0.05) is 6.04 Å². The molecular formula is C11H12ClNO6S2. The number of sulfonamides is 1. The molecule has 10 heteroatoms. The first-order valence-corrected chi connectivity index (χ1v) is 9.54. The van der Waals surface area contributed by atoms with Crippen molar-refractivity contribution in [1.82, 2.24) is 4.72 Å². The first-order valence-electron chi connectivity index (χ1n) is 5.86. The molecule has 1 aromatic rings. The van der Waals surface area contributed by atoms with Gasteiger partial charge in [-0.1, -0.05) is 11.6 Å². The molecule has 0 spiro atoms. The zero-order valence-corrected chi connectivity index (χ0v) is 13.0. The molecule has 1 heterocycles. The van der Waals surface area contributed by atoms with Crippen LogP contribution in [0.1, 0.15) is 16.8 Å². The number of hydrogen-bond acceptors (Lipinski definition) is 5. The second-order valence-electron chi connectivity index (χ2n) is 4.67. The van der Waals surface area contributed by atoms with E-state index in [1.165, 1.54) is 0 Å². The average molecular weight is 354 g/mol. The van der Waals surface area contributed by atoms with Crippen LogP contribution >= 0.6 is 11.6 Å². The lowest BCUT2D eigenvalue weighted by Gasteiger charge is -2.12. The molecule has 2 N–H and O–H groups in total. The first kappa shape index (κ1) is 16.2. The van der Waals surface area contributed by atoms with Crippen molar-refractivity contribution >= 4 is 37.4 Å². The van der Waals surface area contributed by atoms with E-state index in [2.05, 4.69) is 4.72 Å². The summed E-state index contributed by atoms with van der Waals surface area (Å²) in [5, 5.41) is 8.63. The Balaban J connectivity index is 2.24. The summed E-state index contributed by atoms with van der Waals surface area (Å²) in [6.07, 6.45) is 0.211. The normalized spacial score (nSPS) is 21.3. The highest BCUT2D eigenvalue weighted by atomic mass is 35.5. The van der Waals surface area contributed by atoms with Crippen LogP contribution in [-0.4, -0.2) is 45.5 Å². The van der Waals surface area contributed by atoms with Gasteiger partial charge >= 0.3 is 5.97 Å². The summed E-state index contributed by atoms with van der Waals surface area (Å²) < 4.78 is 49.2.